The smallest absolute Gasteiger partial charge is 0.374 e. The van der Waals surface area contributed by atoms with Gasteiger partial charge in [-0.25, -0.2) is 0 Å². The van der Waals surface area contributed by atoms with Gasteiger partial charge < -0.3 is 4.18 Å². The summed E-state index contributed by atoms with van der Waals surface area (Å²) in [6.07, 6.45) is 0. The molecule has 0 aromatic heterocycles. The van der Waals surface area contributed by atoms with E-state index < -0.39 is 21.4 Å². The van der Waals surface area contributed by atoms with Crippen LogP contribution in [0.25, 0.3) is 0 Å². The van der Waals surface area contributed by atoms with E-state index in [-0.39, 0.29) is 15.6 Å². The van der Waals surface area contributed by atoms with Crippen LogP contribution in [0.3, 0.4) is 0 Å². The highest BCUT2D eigenvalue weighted by Crippen LogP contribution is 2.35. The van der Waals surface area contributed by atoms with Gasteiger partial charge in [-0.2, -0.15) is 21.6 Å². The molecule has 0 unspecified atom stereocenters. The zero-order chi connectivity index (χ0) is 13.4. The minimum atomic E-state index is -5.73. The number of alkyl halides is 3. The highest BCUT2D eigenvalue weighted by molar-refractivity contribution is 7.88. The average Bonchev–Trinajstić information content (AvgIpc) is 2.17. The van der Waals surface area contributed by atoms with Crippen molar-refractivity contribution in [3.05, 3.63) is 27.7 Å². The Bertz CT molecular complexity index is 540. The van der Waals surface area contributed by atoms with E-state index in [0.717, 1.165) is 6.07 Å². The van der Waals surface area contributed by atoms with E-state index in [1.165, 1.54) is 13.0 Å². The van der Waals surface area contributed by atoms with Crippen molar-refractivity contribution in [2.45, 2.75) is 12.4 Å². The molecule has 0 aliphatic carbocycles. The van der Waals surface area contributed by atoms with Crippen molar-refractivity contribution in [2.24, 2.45) is 0 Å². The van der Waals surface area contributed by atoms with Gasteiger partial charge in [-0.05, 0) is 24.6 Å². The van der Waals surface area contributed by atoms with Crippen LogP contribution in [0.1, 0.15) is 5.56 Å². The predicted molar refractivity (Wildman–Crippen MR) is 56.8 cm³/mol. The summed E-state index contributed by atoms with van der Waals surface area (Å²) in [6, 6.07) is 2.13. The molecule has 0 saturated heterocycles. The summed E-state index contributed by atoms with van der Waals surface area (Å²) >= 11 is 11.2. The van der Waals surface area contributed by atoms with Crippen LogP contribution in [0.5, 0.6) is 5.75 Å². The number of halogens is 5. The summed E-state index contributed by atoms with van der Waals surface area (Å²) in [7, 11) is -5.73. The molecule has 0 amide bonds. The van der Waals surface area contributed by atoms with E-state index in [1.54, 1.807) is 0 Å². The molecule has 17 heavy (non-hydrogen) atoms. The maximum Gasteiger partial charge on any atom is 0.534 e. The Morgan fingerprint density at radius 3 is 2.24 bits per heavy atom. The maximum absolute atomic E-state index is 12.0. The second-order valence-electron chi connectivity index (χ2n) is 2.97. The van der Waals surface area contributed by atoms with Gasteiger partial charge in [0.05, 0.1) is 5.02 Å². The van der Waals surface area contributed by atoms with Crippen molar-refractivity contribution in [3.63, 3.8) is 0 Å². The molecule has 0 spiro atoms. The molecule has 0 atom stereocenters. The zero-order valence-electron chi connectivity index (χ0n) is 8.18. The first kappa shape index (κ1) is 14.4. The monoisotopic (exact) mass is 308 g/mol. The molecule has 1 rings (SSSR count). The van der Waals surface area contributed by atoms with E-state index in [9.17, 15) is 21.6 Å². The highest BCUT2D eigenvalue weighted by atomic mass is 35.5. The Labute approximate surface area is 105 Å². The lowest BCUT2D eigenvalue weighted by Crippen LogP contribution is -2.28. The number of benzene rings is 1. The molecule has 0 bridgehead atoms. The largest absolute Gasteiger partial charge is 0.534 e. The van der Waals surface area contributed by atoms with Crippen molar-refractivity contribution in [2.75, 3.05) is 0 Å². The first-order chi connectivity index (χ1) is 7.56. The summed E-state index contributed by atoms with van der Waals surface area (Å²) in [4.78, 5) is 0. The number of hydrogen-bond donors (Lipinski definition) is 0. The Morgan fingerprint density at radius 2 is 1.76 bits per heavy atom. The Balaban J connectivity index is 3.19. The van der Waals surface area contributed by atoms with Gasteiger partial charge in [0.25, 0.3) is 0 Å². The van der Waals surface area contributed by atoms with Gasteiger partial charge in [-0.1, -0.05) is 23.2 Å². The zero-order valence-corrected chi connectivity index (χ0v) is 10.5. The second-order valence-corrected chi connectivity index (χ2v) is 5.29. The van der Waals surface area contributed by atoms with E-state index in [4.69, 9.17) is 23.2 Å². The van der Waals surface area contributed by atoms with Gasteiger partial charge in [0.1, 0.15) is 0 Å². The molecule has 0 saturated carbocycles. The van der Waals surface area contributed by atoms with Crippen LogP contribution in [-0.4, -0.2) is 13.9 Å². The normalized spacial score (nSPS) is 12.6. The van der Waals surface area contributed by atoms with Crippen LogP contribution in [0, 0.1) is 6.92 Å². The molecule has 96 valence electrons. The van der Waals surface area contributed by atoms with Gasteiger partial charge in [0, 0.05) is 5.02 Å². The summed E-state index contributed by atoms with van der Waals surface area (Å²) in [5, 5.41) is -0.0999. The Kier molecular flexibility index (Phi) is 3.85. The van der Waals surface area contributed by atoms with Crippen LogP contribution in [0.2, 0.25) is 10.0 Å². The van der Waals surface area contributed by atoms with Gasteiger partial charge >= 0.3 is 15.6 Å². The van der Waals surface area contributed by atoms with Gasteiger partial charge in [-0.3, -0.25) is 0 Å². The van der Waals surface area contributed by atoms with Crippen molar-refractivity contribution in [1.29, 1.82) is 0 Å². The Morgan fingerprint density at radius 1 is 1.24 bits per heavy atom. The first-order valence-electron chi connectivity index (χ1n) is 4.01. The lowest BCUT2D eigenvalue weighted by molar-refractivity contribution is -0.0500. The van der Waals surface area contributed by atoms with Gasteiger partial charge in [0.15, 0.2) is 5.75 Å². The molecular weight excluding hydrogens is 304 g/mol. The Hall–Kier alpha value is -0.660. The third-order valence-electron chi connectivity index (χ3n) is 1.77. The first-order valence-corrected chi connectivity index (χ1v) is 6.18. The molecule has 3 nitrogen and oxygen atoms in total. The molecule has 0 fully saturated rings. The quantitative estimate of drug-likeness (QED) is 0.620. The third-order valence-corrected chi connectivity index (χ3v) is 3.61. The van der Waals surface area contributed by atoms with E-state index >= 15 is 0 Å². The van der Waals surface area contributed by atoms with Crippen molar-refractivity contribution in [3.8, 4) is 5.75 Å². The second kappa shape index (κ2) is 4.55. The van der Waals surface area contributed by atoms with E-state index in [1.807, 2.05) is 0 Å². The SMILES string of the molecule is Cc1c(Cl)ccc(OS(=O)(=O)C(F)(F)F)c1Cl. The van der Waals surface area contributed by atoms with E-state index in [0.29, 0.717) is 0 Å². The van der Waals surface area contributed by atoms with Crippen molar-refractivity contribution in [1.82, 2.24) is 0 Å². The van der Waals surface area contributed by atoms with Crippen molar-refractivity contribution < 1.29 is 25.8 Å². The average molecular weight is 309 g/mol. The molecule has 0 N–H and O–H groups in total. The lowest BCUT2D eigenvalue weighted by atomic mass is 10.2. The number of rotatable bonds is 2. The predicted octanol–water partition coefficient (Wildman–Crippen LogP) is 3.53. The summed E-state index contributed by atoms with van der Waals surface area (Å²) < 4.78 is 61.5. The molecule has 1 aromatic carbocycles. The fourth-order valence-corrected chi connectivity index (χ4v) is 1.79. The molecule has 0 aliphatic rings. The van der Waals surface area contributed by atoms with Crippen molar-refractivity contribution >= 4 is 33.3 Å². The van der Waals surface area contributed by atoms with Crippen LogP contribution in [-0.2, 0) is 10.1 Å². The van der Waals surface area contributed by atoms with Crippen LogP contribution < -0.4 is 4.18 Å². The van der Waals surface area contributed by atoms with Crippen LogP contribution in [0.4, 0.5) is 13.2 Å². The van der Waals surface area contributed by atoms with Crippen LogP contribution >= 0.6 is 23.2 Å². The standard InChI is InChI=1S/C8H5Cl2F3O3S/c1-4-5(9)2-3-6(7(4)10)16-17(14,15)8(11,12)13/h2-3H,1H3. The fourth-order valence-electron chi connectivity index (χ4n) is 0.866. The minimum Gasteiger partial charge on any atom is -0.374 e. The van der Waals surface area contributed by atoms with Crippen LogP contribution in [0.15, 0.2) is 12.1 Å². The van der Waals surface area contributed by atoms with Gasteiger partial charge in [-0.15, -0.1) is 0 Å². The van der Waals surface area contributed by atoms with E-state index in [2.05, 4.69) is 4.18 Å². The summed E-state index contributed by atoms with van der Waals surface area (Å²) in [5.41, 5.74) is -5.28. The van der Waals surface area contributed by atoms with Gasteiger partial charge in [0.2, 0.25) is 0 Å². The summed E-state index contributed by atoms with van der Waals surface area (Å²) in [6.45, 7) is 1.41. The molecule has 1 aromatic rings. The number of hydrogen-bond acceptors (Lipinski definition) is 3. The summed E-state index contributed by atoms with van der Waals surface area (Å²) in [5.74, 6) is -0.620. The minimum absolute atomic E-state index is 0.187. The molecule has 9 heteroatoms. The molecule has 0 aliphatic heterocycles. The lowest BCUT2D eigenvalue weighted by Gasteiger charge is -2.12. The maximum atomic E-state index is 12.0. The molecular formula is C8H5Cl2F3O3S. The highest BCUT2D eigenvalue weighted by Gasteiger charge is 2.48. The molecule has 0 heterocycles. The fraction of sp³-hybridized carbons (Fsp3) is 0.250. The topological polar surface area (TPSA) is 43.4 Å². The molecule has 0 radical (unpaired) electrons. The third kappa shape index (κ3) is 2.97.